The van der Waals surface area contributed by atoms with Crippen molar-refractivity contribution >= 4 is 5.91 Å². The number of hydrogen-bond acceptors (Lipinski definition) is 2. The zero-order valence-electron chi connectivity index (χ0n) is 14.5. The molecule has 1 atom stereocenters. The number of likely N-dealkylation sites (N-methyl/N-ethyl adjacent to an activating group) is 1. The molecule has 2 aromatic rings. The Labute approximate surface area is 139 Å². The van der Waals surface area contributed by atoms with Crippen molar-refractivity contribution in [1.82, 2.24) is 10.2 Å². The van der Waals surface area contributed by atoms with Gasteiger partial charge in [0.1, 0.15) is 0 Å². The Morgan fingerprint density at radius 2 is 1.83 bits per heavy atom. The molecule has 23 heavy (non-hydrogen) atoms. The fourth-order valence-electron chi connectivity index (χ4n) is 2.84. The van der Waals surface area contributed by atoms with Crippen molar-refractivity contribution in [2.45, 2.75) is 33.4 Å². The van der Waals surface area contributed by atoms with E-state index in [2.05, 4.69) is 41.5 Å². The Bertz CT molecular complexity index is 652. The lowest BCUT2D eigenvalue weighted by molar-refractivity contribution is 0.0931. The highest BCUT2D eigenvalue weighted by Gasteiger charge is 2.13. The smallest absolute Gasteiger partial charge is 0.251 e. The molecule has 0 saturated heterocycles. The van der Waals surface area contributed by atoms with Gasteiger partial charge in [0.05, 0.1) is 0 Å². The highest BCUT2D eigenvalue weighted by atomic mass is 16.1. The molecule has 0 aromatic heterocycles. The number of nitrogens with one attached hydrogen (secondary N) is 1. The molecule has 2 aromatic carbocycles. The van der Waals surface area contributed by atoms with Gasteiger partial charge in [0.25, 0.3) is 5.91 Å². The van der Waals surface area contributed by atoms with Crippen LogP contribution in [0.3, 0.4) is 0 Å². The summed E-state index contributed by atoms with van der Waals surface area (Å²) in [5, 5.41) is 3.09. The number of aryl methyl sites for hydroxylation is 2. The molecule has 0 aliphatic rings. The molecular weight excluding hydrogens is 284 g/mol. The molecule has 0 heterocycles. The summed E-state index contributed by atoms with van der Waals surface area (Å²) < 4.78 is 0. The van der Waals surface area contributed by atoms with E-state index in [0.717, 1.165) is 24.2 Å². The van der Waals surface area contributed by atoms with Crippen molar-refractivity contribution < 1.29 is 4.79 Å². The average molecular weight is 310 g/mol. The standard InChI is InChI=1S/C20H26N2O/c1-15-10-11-19(16(2)12-15)20(23)21-17(3)13-22(4)14-18-8-6-5-7-9-18/h5-12,17H,13-14H2,1-4H3,(H,21,23)/t17-/m1/s1. The average Bonchev–Trinajstić information content (AvgIpc) is 2.47. The molecular formula is C20H26N2O. The summed E-state index contributed by atoms with van der Waals surface area (Å²) in [6, 6.07) is 16.4. The quantitative estimate of drug-likeness (QED) is 0.885. The first-order valence-electron chi connectivity index (χ1n) is 8.06. The third kappa shape index (κ3) is 5.22. The van der Waals surface area contributed by atoms with Crippen molar-refractivity contribution in [1.29, 1.82) is 0 Å². The molecule has 0 unspecified atom stereocenters. The number of amides is 1. The first kappa shape index (κ1) is 17.2. The SMILES string of the molecule is Cc1ccc(C(=O)N[C@H](C)CN(C)Cc2ccccc2)c(C)c1. The Kier molecular flexibility index (Phi) is 5.94. The van der Waals surface area contributed by atoms with E-state index in [0.29, 0.717) is 0 Å². The third-order valence-electron chi connectivity index (χ3n) is 3.88. The molecule has 1 N–H and O–H groups in total. The lowest BCUT2D eigenvalue weighted by Crippen LogP contribution is -2.40. The van der Waals surface area contributed by atoms with Gasteiger partial charge in [-0.3, -0.25) is 4.79 Å². The van der Waals surface area contributed by atoms with Crippen LogP contribution >= 0.6 is 0 Å². The van der Waals surface area contributed by atoms with Gasteiger partial charge in [0, 0.05) is 24.7 Å². The minimum atomic E-state index is 0.00288. The van der Waals surface area contributed by atoms with Gasteiger partial charge in [-0.1, -0.05) is 48.0 Å². The van der Waals surface area contributed by atoms with Gasteiger partial charge < -0.3 is 10.2 Å². The van der Waals surface area contributed by atoms with E-state index in [9.17, 15) is 4.79 Å². The molecule has 1 amide bonds. The topological polar surface area (TPSA) is 32.3 Å². The van der Waals surface area contributed by atoms with Crippen molar-refractivity contribution in [3.05, 3.63) is 70.8 Å². The van der Waals surface area contributed by atoms with Crippen molar-refractivity contribution in [2.24, 2.45) is 0 Å². The van der Waals surface area contributed by atoms with E-state index >= 15 is 0 Å². The van der Waals surface area contributed by atoms with Gasteiger partial charge in [-0.05, 0) is 45.0 Å². The van der Waals surface area contributed by atoms with Gasteiger partial charge in [-0.25, -0.2) is 0 Å². The maximum atomic E-state index is 12.4. The molecule has 3 heteroatoms. The highest BCUT2D eigenvalue weighted by molar-refractivity contribution is 5.95. The van der Waals surface area contributed by atoms with Crippen molar-refractivity contribution in [2.75, 3.05) is 13.6 Å². The number of carbonyl (C=O) groups excluding carboxylic acids is 1. The predicted molar refractivity (Wildman–Crippen MR) is 95.6 cm³/mol. The molecule has 2 rings (SSSR count). The minimum Gasteiger partial charge on any atom is -0.348 e. The lowest BCUT2D eigenvalue weighted by Gasteiger charge is -2.22. The Balaban J connectivity index is 1.88. The van der Waals surface area contributed by atoms with Crippen LogP contribution in [0.4, 0.5) is 0 Å². The Hall–Kier alpha value is -2.13. The van der Waals surface area contributed by atoms with E-state index in [1.54, 1.807) is 0 Å². The van der Waals surface area contributed by atoms with E-state index in [1.807, 2.05) is 45.0 Å². The largest absolute Gasteiger partial charge is 0.348 e. The fourth-order valence-corrected chi connectivity index (χ4v) is 2.84. The second-order valence-corrected chi connectivity index (χ2v) is 6.38. The summed E-state index contributed by atoms with van der Waals surface area (Å²) in [6.07, 6.45) is 0. The minimum absolute atomic E-state index is 0.00288. The molecule has 0 saturated carbocycles. The molecule has 0 fully saturated rings. The zero-order chi connectivity index (χ0) is 16.8. The Morgan fingerprint density at radius 1 is 1.13 bits per heavy atom. The summed E-state index contributed by atoms with van der Waals surface area (Å²) in [5.41, 5.74) is 4.23. The van der Waals surface area contributed by atoms with Crippen molar-refractivity contribution in [3.8, 4) is 0 Å². The van der Waals surface area contributed by atoms with Crippen LogP contribution in [0.1, 0.15) is 34.0 Å². The van der Waals surface area contributed by atoms with Crippen LogP contribution in [0.5, 0.6) is 0 Å². The first-order valence-corrected chi connectivity index (χ1v) is 8.06. The molecule has 3 nitrogen and oxygen atoms in total. The normalized spacial score (nSPS) is 12.2. The number of carbonyl (C=O) groups is 1. The van der Waals surface area contributed by atoms with E-state index in [-0.39, 0.29) is 11.9 Å². The molecule has 0 aliphatic heterocycles. The van der Waals surface area contributed by atoms with Gasteiger partial charge in [-0.2, -0.15) is 0 Å². The van der Waals surface area contributed by atoms with Crippen molar-refractivity contribution in [3.63, 3.8) is 0 Å². The van der Waals surface area contributed by atoms with Crippen LogP contribution in [0.25, 0.3) is 0 Å². The summed E-state index contributed by atoms with van der Waals surface area (Å²) in [7, 11) is 2.08. The molecule has 0 aliphatic carbocycles. The van der Waals surface area contributed by atoms with Gasteiger partial charge >= 0.3 is 0 Å². The summed E-state index contributed by atoms with van der Waals surface area (Å²) in [6.45, 7) is 7.75. The molecule has 0 bridgehead atoms. The lowest BCUT2D eigenvalue weighted by atomic mass is 10.0. The Morgan fingerprint density at radius 3 is 2.48 bits per heavy atom. The van der Waals surface area contributed by atoms with Crippen LogP contribution < -0.4 is 5.32 Å². The number of rotatable bonds is 6. The second-order valence-electron chi connectivity index (χ2n) is 6.38. The second kappa shape index (κ2) is 7.93. The van der Waals surface area contributed by atoms with Gasteiger partial charge in [0.2, 0.25) is 0 Å². The number of nitrogens with zero attached hydrogens (tertiary/aromatic N) is 1. The zero-order valence-corrected chi connectivity index (χ0v) is 14.5. The molecule has 122 valence electrons. The monoisotopic (exact) mass is 310 g/mol. The van der Waals surface area contributed by atoms with Gasteiger partial charge in [-0.15, -0.1) is 0 Å². The predicted octanol–water partition coefficient (Wildman–Crippen LogP) is 3.55. The summed E-state index contributed by atoms with van der Waals surface area (Å²) in [4.78, 5) is 14.6. The summed E-state index contributed by atoms with van der Waals surface area (Å²) >= 11 is 0. The van der Waals surface area contributed by atoms with E-state index in [4.69, 9.17) is 0 Å². The maximum Gasteiger partial charge on any atom is 0.251 e. The van der Waals surface area contributed by atoms with E-state index in [1.165, 1.54) is 11.1 Å². The molecule has 0 spiro atoms. The van der Waals surface area contributed by atoms with Crippen LogP contribution in [0.2, 0.25) is 0 Å². The van der Waals surface area contributed by atoms with Crippen LogP contribution in [0.15, 0.2) is 48.5 Å². The first-order chi connectivity index (χ1) is 11.0. The maximum absolute atomic E-state index is 12.4. The number of hydrogen-bond donors (Lipinski definition) is 1. The van der Waals surface area contributed by atoms with E-state index < -0.39 is 0 Å². The molecule has 0 radical (unpaired) electrons. The van der Waals surface area contributed by atoms with Gasteiger partial charge in [0.15, 0.2) is 0 Å². The van der Waals surface area contributed by atoms with Crippen LogP contribution in [-0.4, -0.2) is 30.4 Å². The summed E-state index contributed by atoms with van der Waals surface area (Å²) in [5.74, 6) is 0.00288. The number of benzene rings is 2. The third-order valence-corrected chi connectivity index (χ3v) is 3.88. The van der Waals surface area contributed by atoms with Crippen LogP contribution in [0, 0.1) is 13.8 Å². The highest BCUT2D eigenvalue weighted by Crippen LogP contribution is 2.11. The fraction of sp³-hybridized carbons (Fsp3) is 0.350. The van der Waals surface area contributed by atoms with Crippen LogP contribution in [-0.2, 0) is 6.54 Å².